The van der Waals surface area contributed by atoms with Gasteiger partial charge in [-0.2, -0.15) is 0 Å². The lowest BCUT2D eigenvalue weighted by atomic mass is 10.1. The van der Waals surface area contributed by atoms with Gasteiger partial charge < -0.3 is 9.47 Å². The summed E-state index contributed by atoms with van der Waals surface area (Å²) in [5.74, 6) is 5.51. The van der Waals surface area contributed by atoms with Crippen LogP contribution in [0.15, 0.2) is 12.7 Å². The van der Waals surface area contributed by atoms with Crippen LogP contribution in [0.1, 0.15) is 38.5 Å². The van der Waals surface area contributed by atoms with Gasteiger partial charge in [-0.3, -0.25) is 11.3 Å². The van der Waals surface area contributed by atoms with Crippen molar-refractivity contribution in [3.63, 3.8) is 0 Å². The molecule has 0 aromatic heterocycles. The summed E-state index contributed by atoms with van der Waals surface area (Å²) in [7, 11) is 1.68. The standard InChI is InChI=1S/C13H28N2O2/c1-3-4-5-6-7-8-13(15-14)9-10-17-12-11-16-2/h3,13,15H,1,4-12,14H2,2H3. The van der Waals surface area contributed by atoms with Gasteiger partial charge in [-0.25, -0.2) is 0 Å². The number of hydrogen-bond acceptors (Lipinski definition) is 4. The minimum absolute atomic E-state index is 0.362. The van der Waals surface area contributed by atoms with Gasteiger partial charge in [0.1, 0.15) is 0 Å². The van der Waals surface area contributed by atoms with Crippen molar-refractivity contribution in [2.45, 2.75) is 44.6 Å². The molecular formula is C13H28N2O2. The highest BCUT2D eigenvalue weighted by molar-refractivity contribution is 4.67. The van der Waals surface area contributed by atoms with Gasteiger partial charge in [0, 0.05) is 19.8 Å². The Hall–Kier alpha value is -0.420. The molecule has 0 aliphatic heterocycles. The van der Waals surface area contributed by atoms with Crippen LogP contribution in [-0.2, 0) is 9.47 Å². The highest BCUT2D eigenvalue weighted by Gasteiger charge is 2.05. The van der Waals surface area contributed by atoms with E-state index < -0.39 is 0 Å². The van der Waals surface area contributed by atoms with Crippen molar-refractivity contribution in [3.05, 3.63) is 12.7 Å². The Morgan fingerprint density at radius 3 is 2.65 bits per heavy atom. The molecule has 0 rings (SSSR count). The second-order valence-corrected chi connectivity index (χ2v) is 4.18. The maximum absolute atomic E-state index is 5.51. The van der Waals surface area contributed by atoms with Crippen LogP contribution in [0.2, 0.25) is 0 Å². The molecule has 0 amide bonds. The average molecular weight is 244 g/mol. The molecule has 0 saturated carbocycles. The number of rotatable bonds is 13. The van der Waals surface area contributed by atoms with Crippen molar-refractivity contribution >= 4 is 0 Å². The summed E-state index contributed by atoms with van der Waals surface area (Å²) in [5, 5.41) is 0. The van der Waals surface area contributed by atoms with Crippen molar-refractivity contribution in [1.29, 1.82) is 0 Å². The predicted molar refractivity (Wildman–Crippen MR) is 71.7 cm³/mol. The first-order chi connectivity index (χ1) is 8.35. The quantitative estimate of drug-likeness (QED) is 0.225. The molecule has 102 valence electrons. The number of nitrogens with one attached hydrogen (secondary N) is 1. The number of ether oxygens (including phenoxy) is 2. The molecule has 17 heavy (non-hydrogen) atoms. The second kappa shape index (κ2) is 13.6. The Kier molecular flexibility index (Phi) is 13.3. The summed E-state index contributed by atoms with van der Waals surface area (Å²) in [6.45, 7) is 5.77. The van der Waals surface area contributed by atoms with Crippen LogP contribution in [0.3, 0.4) is 0 Å². The topological polar surface area (TPSA) is 56.5 Å². The average Bonchev–Trinajstić information content (AvgIpc) is 2.36. The molecule has 1 atom stereocenters. The Morgan fingerprint density at radius 1 is 1.18 bits per heavy atom. The van der Waals surface area contributed by atoms with Crippen LogP contribution >= 0.6 is 0 Å². The molecule has 0 aromatic rings. The fourth-order valence-corrected chi connectivity index (χ4v) is 1.64. The summed E-state index contributed by atoms with van der Waals surface area (Å²) in [5.41, 5.74) is 2.85. The Labute approximate surface area is 106 Å². The lowest BCUT2D eigenvalue weighted by Gasteiger charge is -2.15. The van der Waals surface area contributed by atoms with E-state index in [0.29, 0.717) is 19.3 Å². The zero-order chi connectivity index (χ0) is 12.8. The lowest BCUT2D eigenvalue weighted by Crippen LogP contribution is -2.36. The molecule has 4 heteroatoms. The summed E-state index contributed by atoms with van der Waals surface area (Å²) < 4.78 is 10.3. The van der Waals surface area contributed by atoms with E-state index in [1.165, 1.54) is 19.3 Å². The summed E-state index contributed by atoms with van der Waals surface area (Å²) in [6.07, 6.45) is 8.84. The summed E-state index contributed by atoms with van der Waals surface area (Å²) in [4.78, 5) is 0. The first kappa shape index (κ1) is 16.6. The van der Waals surface area contributed by atoms with Gasteiger partial charge in [0.2, 0.25) is 0 Å². The summed E-state index contributed by atoms with van der Waals surface area (Å²) in [6, 6.07) is 0.362. The third-order valence-electron chi connectivity index (χ3n) is 2.74. The largest absolute Gasteiger partial charge is 0.382 e. The lowest BCUT2D eigenvalue weighted by molar-refractivity contribution is 0.0653. The monoisotopic (exact) mass is 244 g/mol. The number of nitrogens with two attached hydrogens (primary N) is 1. The molecule has 0 aliphatic carbocycles. The molecule has 0 aromatic carbocycles. The van der Waals surface area contributed by atoms with Gasteiger partial charge in [0.15, 0.2) is 0 Å². The predicted octanol–water partition coefficient (Wildman–Crippen LogP) is 2.01. The van der Waals surface area contributed by atoms with Crippen LogP contribution in [0, 0.1) is 0 Å². The number of allylic oxidation sites excluding steroid dienone is 1. The van der Waals surface area contributed by atoms with Crippen LogP contribution in [0.5, 0.6) is 0 Å². The highest BCUT2D eigenvalue weighted by Crippen LogP contribution is 2.08. The SMILES string of the molecule is C=CCCCCCC(CCOCCOC)NN. The molecule has 0 fully saturated rings. The first-order valence-electron chi connectivity index (χ1n) is 6.48. The van der Waals surface area contributed by atoms with Gasteiger partial charge in [-0.1, -0.05) is 18.9 Å². The van der Waals surface area contributed by atoms with Gasteiger partial charge in [-0.15, -0.1) is 6.58 Å². The van der Waals surface area contributed by atoms with Crippen LogP contribution in [0.25, 0.3) is 0 Å². The van der Waals surface area contributed by atoms with Crippen molar-refractivity contribution in [2.24, 2.45) is 5.84 Å². The van der Waals surface area contributed by atoms with E-state index in [1.54, 1.807) is 7.11 Å². The van der Waals surface area contributed by atoms with Crippen LogP contribution in [0.4, 0.5) is 0 Å². The molecule has 1 unspecified atom stereocenters. The third-order valence-corrected chi connectivity index (χ3v) is 2.74. The fourth-order valence-electron chi connectivity index (χ4n) is 1.64. The number of hydrogen-bond donors (Lipinski definition) is 2. The van der Waals surface area contributed by atoms with E-state index in [9.17, 15) is 0 Å². The molecule has 4 nitrogen and oxygen atoms in total. The van der Waals surface area contributed by atoms with E-state index in [4.69, 9.17) is 15.3 Å². The van der Waals surface area contributed by atoms with Crippen molar-refractivity contribution < 1.29 is 9.47 Å². The molecular weight excluding hydrogens is 216 g/mol. The minimum Gasteiger partial charge on any atom is -0.382 e. The maximum Gasteiger partial charge on any atom is 0.0700 e. The smallest absolute Gasteiger partial charge is 0.0700 e. The van der Waals surface area contributed by atoms with E-state index in [1.807, 2.05) is 6.08 Å². The van der Waals surface area contributed by atoms with Crippen LogP contribution in [-0.4, -0.2) is 33.0 Å². The zero-order valence-electron chi connectivity index (χ0n) is 11.1. The van der Waals surface area contributed by atoms with E-state index >= 15 is 0 Å². The molecule has 0 bridgehead atoms. The molecule has 3 N–H and O–H groups in total. The Morgan fingerprint density at radius 2 is 2.00 bits per heavy atom. The van der Waals surface area contributed by atoms with E-state index in [2.05, 4.69) is 12.0 Å². The molecule has 0 saturated heterocycles. The number of methoxy groups -OCH3 is 1. The zero-order valence-corrected chi connectivity index (χ0v) is 11.1. The van der Waals surface area contributed by atoms with Gasteiger partial charge in [0.25, 0.3) is 0 Å². The maximum atomic E-state index is 5.51. The van der Waals surface area contributed by atoms with Crippen molar-refractivity contribution in [1.82, 2.24) is 5.43 Å². The van der Waals surface area contributed by atoms with E-state index in [0.717, 1.165) is 25.9 Å². The minimum atomic E-state index is 0.362. The van der Waals surface area contributed by atoms with Crippen molar-refractivity contribution in [3.8, 4) is 0 Å². The fraction of sp³-hybridized carbons (Fsp3) is 0.846. The van der Waals surface area contributed by atoms with Crippen molar-refractivity contribution in [2.75, 3.05) is 26.9 Å². The van der Waals surface area contributed by atoms with Gasteiger partial charge in [-0.05, 0) is 25.7 Å². The third kappa shape index (κ3) is 11.8. The normalized spacial score (nSPS) is 12.6. The number of hydrazine groups is 1. The molecule has 0 radical (unpaired) electrons. The molecule has 0 heterocycles. The Bertz CT molecular complexity index is 165. The summed E-state index contributed by atoms with van der Waals surface area (Å²) >= 11 is 0. The van der Waals surface area contributed by atoms with Crippen LogP contribution < -0.4 is 11.3 Å². The van der Waals surface area contributed by atoms with E-state index in [-0.39, 0.29) is 0 Å². The number of unbranched alkanes of at least 4 members (excludes halogenated alkanes) is 3. The van der Waals surface area contributed by atoms with Gasteiger partial charge in [0.05, 0.1) is 13.2 Å². The first-order valence-corrected chi connectivity index (χ1v) is 6.48. The molecule has 0 spiro atoms. The Balaban J connectivity index is 3.32. The highest BCUT2D eigenvalue weighted by atomic mass is 16.5. The molecule has 0 aliphatic rings. The second-order valence-electron chi connectivity index (χ2n) is 4.18. The van der Waals surface area contributed by atoms with Gasteiger partial charge >= 0.3 is 0 Å².